The molecule has 0 unspecified atom stereocenters. The van der Waals surface area contributed by atoms with Crippen molar-refractivity contribution in [1.82, 2.24) is 9.78 Å². The van der Waals surface area contributed by atoms with Crippen molar-refractivity contribution in [1.29, 1.82) is 0 Å². The fraction of sp³-hybridized carbons (Fsp3) is 0.375. The summed E-state index contributed by atoms with van der Waals surface area (Å²) in [5.41, 5.74) is 2.40. The number of benzene rings is 1. The molecule has 1 aromatic heterocycles. The van der Waals surface area contributed by atoms with E-state index in [4.69, 9.17) is 9.47 Å². The van der Waals surface area contributed by atoms with Gasteiger partial charge in [-0.15, -0.1) is 0 Å². The normalized spacial score (nSPS) is 10.5. The number of Topliss-reactive ketones (excluding diaryl/α,β-unsaturated/α-hetero) is 1. The molecule has 1 heterocycles. The number of methoxy groups -OCH3 is 2. The minimum Gasteiger partial charge on any atom is -0.493 e. The summed E-state index contributed by atoms with van der Waals surface area (Å²) < 4.78 is 12.3. The number of hydrogen-bond acceptors (Lipinski definition) is 4. The van der Waals surface area contributed by atoms with Crippen molar-refractivity contribution >= 4 is 5.78 Å². The molecule has 112 valence electrons. The second-order valence-corrected chi connectivity index (χ2v) is 4.75. The number of hydrogen-bond donors (Lipinski definition) is 0. The van der Waals surface area contributed by atoms with Gasteiger partial charge in [-0.25, -0.2) is 0 Å². The Morgan fingerprint density at radius 3 is 2.62 bits per heavy atom. The first-order valence-corrected chi connectivity index (χ1v) is 6.86. The van der Waals surface area contributed by atoms with Gasteiger partial charge >= 0.3 is 0 Å². The van der Waals surface area contributed by atoms with E-state index in [1.54, 1.807) is 30.0 Å². The largest absolute Gasteiger partial charge is 0.493 e. The average Bonchev–Trinajstić information content (AvgIpc) is 2.86. The molecule has 0 saturated heterocycles. The number of nitrogens with zero attached hydrogens (tertiary/aromatic N) is 2. The summed E-state index contributed by atoms with van der Waals surface area (Å²) in [4.78, 5) is 12.5. The standard InChI is InChI=1S/C16H20N2O3/c1-5-11-9-12(18(2)17-11)10-14(19)13-7-6-8-15(20-3)16(13)21-4/h6-9H,5,10H2,1-4H3. The van der Waals surface area contributed by atoms with E-state index in [1.807, 2.05) is 20.0 Å². The molecule has 0 fully saturated rings. The lowest BCUT2D eigenvalue weighted by Crippen LogP contribution is -2.09. The number of carbonyl (C=O) groups is 1. The van der Waals surface area contributed by atoms with Crippen LogP contribution in [-0.2, 0) is 19.9 Å². The highest BCUT2D eigenvalue weighted by Gasteiger charge is 2.18. The molecule has 0 atom stereocenters. The average molecular weight is 288 g/mol. The van der Waals surface area contributed by atoms with Gasteiger partial charge in [-0.05, 0) is 24.6 Å². The topological polar surface area (TPSA) is 53.4 Å². The minimum atomic E-state index is -0.0172. The van der Waals surface area contributed by atoms with Crippen LogP contribution in [0.25, 0.3) is 0 Å². The molecule has 0 amide bonds. The van der Waals surface area contributed by atoms with E-state index < -0.39 is 0 Å². The Morgan fingerprint density at radius 1 is 1.29 bits per heavy atom. The Bertz CT molecular complexity index is 647. The quantitative estimate of drug-likeness (QED) is 0.766. The maximum atomic E-state index is 12.5. The van der Waals surface area contributed by atoms with Gasteiger partial charge in [0.25, 0.3) is 0 Å². The molecule has 0 aliphatic carbocycles. The van der Waals surface area contributed by atoms with Crippen LogP contribution in [-0.4, -0.2) is 29.8 Å². The van der Waals surface area contributed by atoms with Gasteiger partial charge in [0.15, 0.2) is 17.3 Å². The molecule has 0 spiro atoms. The maximum Gasteiger partial charge on any atom is 0.172 e. The Kier molecular flexibility index (Phi) is 4.62. The van der Waals surface area contributed by atoms with Gasteiger partial charge in [0, 0.05) is 12.7 Å². The second kappa shape index (κ2) is 6.43. The van der Waals surface area contributed by atoms with E-state index >= 15 is 0 Å². The lowest BCUT2D eigenvalue weighted by Gasteiger charge is -2.11. The molecule has 0 aliphatic heterocycles. The highest BCUT2D eigenvalue weighted by Crippen LogP contribution is 2.31. The fourth-order valence-corrected chi connectivity index (χ4v) is 2.28. The predicted octanol–water partition coefficient (Wildman–Crippen LogP) is 2.43. The fourth-order valence-electron chi connectivity index (χ4n) is 2.28. The van der Waals surface area contributed by atoms with E-state index in [0.717, 1.165) is 17.8 Å². The number of carbonyl (C=O) groups excluding carboxylic acids is 1. The highest BCUT2D eigenvalue weighted by molar-refractivity contribution is 6.00. The molecule has 0 aliphatic rings. The summed E-state index contributed by atoms with van der Waals surface area (Å²) >= 11 is 0. The highest BCUT2D eigenvalue weighted by atomic mass is 16.5. The Morgan fingerprint density at radius 2 is 2.05 bits per heavy atom. The number of aromatic nitrogens is 2. The number of rotatable bonds is 6. The Balaban J connectivity index is 2.30. The van der Waals surface area contributed by atoms with Crippen molar-refractivity contribution in [2.75, 3.05) is 14.2 Å². The summed E-state index contributed by atoms with van der Waals surface area (Å²) in [7, 11) is 4.94. The van der Waals surface area contributed by atoms with Crippen molar-refractivity contribution in [2.24, 2.45) is 7.05 Å². The number of aryl methyl sites for hydroxylation is 2. The molecule has 21 heavy (non-hydrogen) atoms. The lowest BCUT2D eigenvalue weighted by atomic mass is 10.0. The summed E-state index contributed by atoms with van der Waals surface area (Å²) in [5, 5.41) is 4.36. The van der Waals surface area contributed by atoms with Crippen LogP contribution in [0.2, 0.25) is 0 Å². The predicted molar refractivity (Wildman–Crippen MR) is 80.2 cm³/mol. The van der Waals surface area contributed by atoms with Crippen LogP contribution in [0.3, 0.4) is 0 Å². The summed E-state index contributed by atoms with van der Waals surface area (Å²) in [6.07, 6.45) is 1.14. The SMILES string of the molecule is CCc1cc(CC(=O)c2cccc(OC)c2OC)n(C)n1. The molecule has 0 bridgehead atoms. The number of para-hydroxylation sites is 1. The molecule has 0 N–H and O–H groups in total. The van der Waals surface area contributed by atoms with Crippen LogP contribution in [0.5, 0.6) is 11.5 Å². The molecule has 1 aromatic carbocycles. The van der Waals surface area contributed by atoms with Crippen molar-refractivity contribution in [3.8, 4) is 11.5 Å². The third kappa shape index (κ3) is 3.07. The first kappa shape index (κ1) is 15.1. The van der Waals surface area contributed by atoms with Gasteiger partial charge in [0.05, 0.1) is 31.9 Å². The second-order valence-electron chi connectivity index (χ2n) is 4.75. The van der Waals surface area contributed by atoms with E-state index in [-0.39, 0.29) is 12.2 Å². The first-order chi connectivity index (χ1) is 10.1. The van der Waals surface area contributed by atoms with Gasteiger partial charge in [-0.1, -0.05) is 13.0 Å². The molecule has 0 radical (unpaired) electrons. The molecule has 5 nitrogen and oxygen atoms in total. The third-order valence-corrected chi connectivity index (χ3v) is 3.43. The van der Waals surface area contributed by atoms with Gasteiger partial charge < -0.3 is 9.47 Å². The summed E-state index contributed by atoms with van der Waals surface area (Å²) in [5.74, 6) is 1.02. The van der Waals surface area contributed by atoms with Crippen LogP contribution in [0.4, 0.5) is 0 Å². The monoisotopic (exact) mass is 288 g/mol. The maximum absolute atomic E-state index is 12.5. The van der Waals surface area contributed by atoms with Gasteiger partial charge in [-0.3, -0.25) is 9.48 Å². The molecular formula is C16H20N2O3. The molecule has 2 aromatic rings. The van der Waals surface area contributed by atoms with Crippen LogP contribution >= 0.6 is 0 Å². The van der Waals surface area contributed by atoms with Crippen LogP contribution in [0.1, 0.15) is 28.7 Å². The van der Waals surface area contributed by atoms with Gasteiger partial charge in [-0.2, -0.15) is 5.10 Å². The molecule has 2 rings (SSSR count). The molecule has 5 heteroatoms. The van der Waals surface area contributed by atoms with Gasteiger partial charge in [0.1, 0.15) is 0 Å². The molecule has 0 saturated carbocycles. The van der Waals surface area contributed by atoms with E-state index in [1.165, 1.54) is 7.11 Å². The first-order valence-electron chi connectivity index (χ1n) is 6.86. The summed E-state index contributed by atoms with van der Waals surface area (Å²) in [6.45, 7) is 2.04. The van der Waals surface area contributed by atoms with Gasteiger partial charge in [0.2, 0.25) is 0 Å². The van der Waals surface area contributed by atoms with Crippen molar-refractivity contribution in [3.05, 3.63) is 41.2 Å². The zero-order chi connectivity index (χ0) is 15.4. The van der Waals surface area contributed by atoms with Crippen molar-refractivity contribution < 1.29 is 14.3 Å². The zero-order valence-electron chi connectivity index (χ0n) is 12.8. The summed E-state index contributed by atoms with van der Waals surface area (Å²) in [6, 6.07) is 7.27. The number of ketones is 1. The van der Waals surface area contributed by atoms with Crippen LogP contribution < -0.4 is 9.47 Å². The lowest BCUT2D eigenvalue weighted by molar-refractivity contribution is 0.0987. The minimum absolute atomic E-state index is 0.0172. The molecular weight excluding hydrogens is 268 g/mol. The van der Waals surface area contributed by atoms with Crippen molar-refractivity contribution in [2.45, 2.75) is 19.8 Å². The van der Waals surface area contributed by atoms with Crippen LogP contribution in [0.15, 0.2) is 24.3 Å². The third-order valence-electron chi connectivity index (χ3n) is 3.43. The van der Waals surface area contributed by atoms with Crippen molar-refractivity contribution in [3.63, 3.8) is 0 Å². The Labute approximate surface area is 124 Å². The van der Waals surface area contributed by atoms with E-state index in [0.29, 0.717) is 17.1 Å². The van der Waals surface area contributed by atoms with E-state index in [9.17, 15) is 4.79 Å². The Hall–Kier alpha value is -2.30. The number of ether oxygens (including phenoxy) is 2. The zero-order valence-corrected chi connectivity index (χ0v) is 12.8. The smallest absolute Gasteiger partial charge is 0.172 e. The van der Waals surface area contributed by atoms with Crippen LogP contribution in [0, 0.1) is 0 Å². The van der Waals surface area contributed by atoms with E-state index in [2.05, 4.69) is 5.10 Å².